The average Bonchev–Trinajstić information content (AvgIpc) is 3.05. The van der Waals surface area contributed by atoms with Crippen LogP contribution in [0.25, 0.3) is 10.9 Å². The van der Waals surface area contributed by atoms with Crippen LogP contribution in [-0.2, 0) is 7.05 Å². The lowest BCUT2D eigenvalue weighted by Gasteiger charge is -2.15. The van der Waals surface area contributed by atoms with Crippen LogP contribution < -0.4 is 5.32 Å². The average molecular weight is 299 g/mol. The van der Waals surface area contributed by atoms with E-state index >= 15 is 0 Å². The molecular weight excluding hydrogens is 278 g/mol. The smallest absolute Gasteiger partial charge is 0.0926 e. The lowest BCUT2D eigenvalue weighted by molar-refractivity contribution is 0.585. The predicted molar refractivity (Wildman–Crippen MR) is 89.9 cm³/mol. The number of rotatable bonds is 5. The zero-order valence-corrected chi connectivity index (χ0v) is 13.6. The van der Waals surface area contributed by atoms with Gasteiger partial charge in [-0.05, 0) is 38.1 Å². The van der Waals surface area contributed by atoms with Crippen LogP contribution in [0, 0.1) is 6.92 Å². The van der Waals surface area contributed by atoms with Crippen molar-refractivity contribution >= 4 is 22.2 Å². The fraction of sp³-hybridized carbons (Fsp3) is 0.353. The van der Waals surface area contributed by atoms with Crippen LogP contribution in [-0.4, -0.2) is 16.3 Å². The second-order valence-electron chi connectivity index (χ2n) is 5.36. The maximum Gasteiger partial charge on any atom is 0.0926 e. The quantitative estimate of drug-likeness (QED) is 0.771. The molecule has 0 saturated heterocycles. The van der Waals surface area contributed by atoms with Gasteiger partial charge in [-0.3, -0.25) is 4.68 Å². The number of aryl methyl sites for hydroxylation is 2. The number of benzene rings is 1. The molecule has 0 spiro atoms. The van der Waals surface area contributed by atoms with Crippen LogP contribution in [0.15, 0.2) is 36.4 Å². The molecule has 0 fully saturated rings. The highest BCUT2D eigenvalue weighted by molar-refractivity contribution is 7.12. The molecule has 2 aromatic heterocycles. The van der Waals surface area contributed by atoms with Gasteiger partial charge in [0.2, 0.25) is 0 Å². The Morgan fingerprint density at radius 2 is 2.05 bits per heavy atom. The molecule has 1 atom stereocenters. The van der Waals surface area contributed by atoms with Crippen molar-refractivity contribution in [2.75, 3.05) is 6.54 Å². The Labute approximate surface area is 129 Å². The topological polar surface area (TPSA) is 29.9 Å². The van der Waals surface area contributed by atoms with Crippen molar-refractivity contribution in [1.29, 1.82) is 0 Å². The van der Waals surface area contributed by atoms with E-state index in [0.717, 1.165) is 18.7 Å². The molecule has 0 saturated carbocycles. The van der Waals surface area contributed by atoms with Gasteiger partial charge in [0.05, 0.1) is 17.3 Å². The number of nitrogens with one attached hydrogen (secondary N) is 1. The van der Waals surface area contributed by atoms with Crippen molar-refractivity contribution in [3.63, 3.8) is 0 Å². The number of fused-ring (bicyclic) bond motifs is 1. The summed E-state index contributed by atoms with van der Waals surface area (Å²) in [5.74, 6) is 0. The number of thiophene rings is 1. The Balaban J connectivity index is 2.10. The van der Waals surface area contributed by atoms with Crippen LogP contribution >= 0.6 is 11.3 Å². The molecule has 0 aliphatic carbocycles. The molecule has 110 valence electrons. The molecule has 0 aliphatic heterocycles. The molecule has 1 aromatic carbocycles. The predicted octanol–water partition coefficient (Wildman–Crippen LogP) is 4.03. The lowest BCUT2D eigenvalue weighted by atomic mass is 10.1. The van der Waals surface area contributed by atoms with Gasteiger partial charge in [0.1, 0.15) is 0 Å². The Kier molecular flexibility index (Phi) is 4.08. The summed E-state index contributed by atoms with van der Waals surface area (Å²) in [5, 5.41) is 9.68. The van der Waals surface area contributed by atoms with Crippen LogP contribution in [0.3, 0.4) is 0 Å². The van der Waals surface area contributed by atoms with Crippen LogP contribution in [0.5, 0.6) is 0 Å². The molecule has 21 heavy (non-hydrogen) atoms. The van der Waals surface area contributed by atoms with Crippen molar-refractivity contribution in [1.82, 2.24) is 15.1 Å². The van der Waals surface area contributed by atoms with E-state index in [0.29, 0.717) is 0 Å². The summed E-state index contributed by atoms with van der Waals surface area (Å²) in [5.41, 5.74) is 2.31. The molecule has 3 nitrogen and oxygen atoms in total. The number of nitrogens with zero attached hydrogens (tertiary/aromatic N) is 2. The number of hydrogen-bond donors (Lipinski definition) is 1. The molecule has 0 aliphatic rings. The molecule has 0 bridgehead atoms. The summed E-state index contributed by atoms with van der Waals surface area (Å²) in [6.07, 6.45) is 1.12. The monoisotopic (exact) mass is 299 g/mol. The summed E-state index contributed by atoms with van der Waals surface area (Å²) in [6, 6.07) is 13.0. The Morgan fingerprint density at radius 3 is 2.76 bits per heavy atom. The van der Waals surface area contributed by atoms with Crippen molar-refractivity contribution in [3.8, 4) is 0 Å². The molecular formula is C17H21N3S. The van der Waals surface area contributed by atoms with E-state index in [1.807, 2.05) is 23.1 Å². The lowest BCUT2D eigenvalue weighted by Crippen LogP contribution is -2.23. The summed E-state index contributed by atoms with van der Waals surface area (Å²) in [6.45, 7) is 5.34. The van der Waals surface area contributed by atoms with Gasteiger partial charge < -0.3 is 5.32 Å². The Hall–Kier alpha value is -1.65. The third-order valence-corrected chi connectivity index (χ3v) is 4.77. The zero-order chi connectivity index (χ0) is 14.8. The van der Waals surface area contributed by atoms with Gasteiger partial charge in [0.15, 0.2) is 0 Å². The first-order valence-electron chi connectivity index (χ1n) is 7.42. The van der Waals surface area contributed by atoms with Gasteiger partial charge in [0, 0.05) is 22.2 Å². The van der Waals surface area contributed by atoms with Gasteiger partial charge in [-0.15, -0.1) is 11.3 Å². The normalized spacial score (nSPS) is 12.9. The van der Waals surface area contributed by atoms with Crippen LogP contribution in [0.2, 0.25) is 0 Å². The second kappa shape index (κ2) is 6.00. The minimum absolute atomic E-state index is 0.176. The van der Waals surface area contributed by atoms with E-state index in [1.165, 1.54) is 20.7 Å². The third kappa shape index (κ3) is 2.74. The molecule has 3 rings (SSSR count). The fourth-order valence-electron chi connectivity index (χ4n) is 2.68. The van der Waals surface area contributed by atoms with E-state index in [1.54, 1.807) is 0 Å². The molecule has 2 heterocycles. The van der Waals surface area contributed by atoms with Gasteiger partial charge >= 0.3 is 0 Å². The number of hydrogen-bond acceptors (Lipinski definition) is 3. The highest BCUT2D eigenvalue weighted by Gasteiger charge is 2.21. The summed E-state index contributed by atoms with van der Waals surface area (Å²) in [7, 11) is 2.02. The minimum Gasteiger partial charge on any atom is -0.304 e. The Bertz CT molecular complexity index is 741. The molecule has 0 radical (unpaired) electrons. The molecule has 1 N–H and O–H groups in total. The SMILES string of the molecule is CCCNC(c1ccc(C)s1)c1nn(C)c2ccccc12. The van der Waals surface area contributed by atoms with Crippen LogP contribution in [0.1, 0.15) is 34.8 Å². The highest BCUT2D eigenvalue weighted by atomic mass is 32.1. The first-order valence-corrected chi connectivity index (χ1v) is 8.23. The summed E-state index contributed by atoms with van der Waals surface area (Å²) in [4.78, 5) is 2.68. The zero-order valence-electron chi connectivity index (χ0n) is 12.8. The molecule has 4 heteroatoms. The van der Waals surface area contributed by atoms with Crippen molar-refractivity contribution in [2.24, 2.45) is 7.05 Å². The largest absolute Gasteiger partial charge is 0.304 e. The van der Waals surface area contributed by atoms with Gasteiger partial charge in [-0.25, -0.2) is 0 Å². The van der Waals surface area contributed by atoms with Gasteiger partial charge in [-0.2, -0.15) is 5.10 Å². The maximum atomic E-state index is 4.79. The van der Waals surface area contributed by atoms with Crippen molar-refractivity contribution < 1.29 is 0 Å². The van der Waals surface area contributed by atoms with Crippen molar-refractivity contribution in [2.45, 2.75) is 26.3 Å². The third-order valence-electron chi connectivity index (χ3n) is 3.70. The summed E-state index contributed by atoms with van der Waals surface area (Å²) >= 11 is 1.85. The highest BCUT2D eigenvalue weighted by Crippen LogP contribution is 2.31. The second-order valence-corrected chi connectivity index (χ2v) is 6.68. The van der Waals surface area contributed by atoms with Crippen LogP contribution in [0.4, 0.5) is 0 Å². The first kappa shape index (κ1) is 14.3. The molecule has 3 aromatic rings. The molecule has 1 unspecified atom stereocenters. The fourth-order valence-corrected chi connectivity index (χ4v) is 3.64. The van der Waals surface area contributed by atoms with E-state index in [2.05, 4.69) is 55.6 Å². The van der Waals surface area contributed by atoms with E-state index in [4.69, 9.17) is 5.10 Å². The van der Waals surface area contributed by atoms with E-state index in [-0.39, 0.29) is 6.04 Å². The van der Waals surface area contributed by atoms with E-state index in [9.17, 15) is 0 Å². The standard InChI is InChI=1S/C17H21N3S/c1-4-11-18-17(15-10-9-12(2)21-15)16-13-7-5-6-8-14(13)20(3)19-16/h5-10,17-18H,4,11H2,1-3H3. The van der Waals surface area contributed by atoms with Crippen molar-refractivity contribution in [3.05, 3.63) is 51.8 Å². The maximum absolute atomic E-state index is 4.79. The number of para-hydroxylation sites is 1. The van der Waals surface area contributed by atoms with E-state index < -0.39 is 0 Å². The van der Waals surface area contributed by atoms with Gasteiger partial charge in [-0.1, -0.05) is 25.1 Å². The first-order chi connectivity index (χ1) is 10.2. The van der Waals surface area contributed by atoms with Gasteiger partial charge in [0.25, 0.3) is 0 Å². The molecule has 0 amide bonds. The summed E-state index contributed by atoms with van der Waals surface area (Å²) < 4.78 is 1.98. The number of aromatic nitrogens is 2. The minimum atomic E-state index is 0.176. The Morgan fingerprint density at radius 1 is 1.24 bits per heavy atom.